The molecule has 3 rings (SSSR count). The molecule has 1 heterocycles. The quantitative estimate of drug-likeness (QED) is 0.758. The van der Waals surface area contributed by atoms with Crippen molar-refractivity contribution < 1.29 is 4.79 Å². The summed E-state index contributed by atoms with van der Waals surface area (Å²) < 4.78 is 1.67. The van der Waals surface area contributed by atoms with Gasteiger partial charge in [-0.1, -0.05) is 47.5 Å². The highest BCUT2D eigenvalue weighted by Crippen LogP contribution is 2.21. The van der Waals surface area contributed by atoms with E-state index in [9.17, 15) is 4.79 Å². The Morgan fingerprint density at radius 1 is 1.21 bits per heavy atom. The minimum absolute atomic E-state index is 0.222. The van der Waals surface area contributed by atoms with Crippen LogP contribution in [-0.4, -0.2) is 20.7 Å². The molecule has 0 saturated heterocycles. The topological polar surface area (TPSA) is 59.8 Å². The Morgan fingerprint density at radius 3 is 2.75 bits per heavy atom. The van der Waals surface area contributed by atoms with Gasteiger partial charge in [-0.15, -0.1) is 5.10 Å². The third-order valence-electron chi connectivity index (χ3n) is 3.53. The van der Waals surface area contributed by atoms with Gasteiger partial charge in [0.1, 0.15) is 6.33 Å². The summed E-state index contributed by atoms with van der Waals surface area (Å²) in [4.78, 5) is 16.3. The number of halogens is 2. The fourth-order valence-electron chi connectivity index (χ4n) is 2.23. The van der Waals surface area contributed by atoms with Gasteiger partial charge in [0, 0.05) is 5.02 Å². The number of anilines is 1. The number of nitrogens with zero attached hydrogens (tertiary/aromatic N) is 3. The molecule has 0 aliphatic carbocycles. The summed E-state index contributed by atoms with van der Waals surface area (Å²) in [6.45, 7) is 2.62. The molecule has 0 aliphatic heterocycles. The van der Waals surface area contributed by atoms with Gasteiger partial charge in [-0.25, -0.2) is 9.67 Å². The minimum Gasteiger partial charge on any atom is -0.289 e. The smallest absolute Gasteiger partial charge is 0.259 e. The van der Waals surface area contributed by atoms with Gasteiger partial charge in [0.2, 0.25) is 5.95 Å². The molecule has 0 fully saturated rings. The molecule has 7 heteroatoms. The molecule has 5 nitrogen and oxygen atoms in total. The lowest BCUT2D eigenvalue weighted by Gasteiger charge is -2.05. The molecule has 1 N–H and O–H groups in total. The van der Waals surface area contributed by atoms with E-state index in [0.717, 1.165) is 5.56 Å². The van der Waals surface area contributed by atoms with Crippen LogP contribution in [0, 0.1) is 6.92 Å². The second kappa shape index (κ2) is 7.03. The Labute approximate surface area is 149 Å². The maximum atomic E-state index is 12.2. The van der Waals surface area contributed by atoms with Crippen molar-refractivity contribution in [2.45, 2.75) is 13.5 Å². The van der Waals surface area contributed by atoms with Crippen molar-refractivity contribution in [3.05, 3.63) is 75.5 Å². The Balaban J connectivity index is 1.72. The molecule has 0 aliphatic rings. The van der Waals surface area contributed by atoms with Gasteiger partial charge >= 0.3 is 0 Å². The summed E-state index contributed by atoms with van der Waals surface area (Å²) in [6.07, 6.45) is 1.57. The molecule has 122 valence electrons. The van der Waals surface area contributed by atoms with Crippen LogP contribution in [0.4, 0.5) is 5.95 Å². The molecule has 1 amide bonds. The predicted molar refractivity (Wildman–Crippen MR) is 94.7 cm³/mol. The van der Waals surface area contributed by atoms with Crippen molar-refractivity contribution in [1.82, 2.24) is 14.8 Å². The van der Waals surface area contributed by atoms with Crippen molar-refractivity contribution in [2.75, 3.05) is 5.32 Å². The zero-order valence-electron chi connectivity index (χ0n) is 12.8. The van der Waals surface area contributed by atoms with E-state index in [1.165, 1.54) is 11.6 Å². The number of aryl methyl sites for hydroxylation is 1. The first-order chi connectivity index (χ1) is 11.5. The van der Waals surface area contributed by atoms with Crippen LogP contribution in [0.15, 0.2) is 48.8 Å². The molecular weight excluding hydrogens is 347 g/mol. The fraction of sp³-hybridized carbons (Fsp3) is 0.118. The van der Waals surface area contributed by atoms with Crippen molar-refractivity contribution in [2.24, 2.45) is 0 Å². The molecule has 0 atom stereocenters. The highest BCUT2D eigenvalue weighted by molar-refractivity contribution is 6.37. The Hall–Kier alpha value is -2.37. The lowest BCUT2D eigenvalue weighted by atomic mass is 10.1. The molecule has 24 heavy (non-hydrogen) atoms. The summed E-state index contributed by atoms with van der Waals surface area (Å²) in [5.41, 5.74) is 2.63. The second-order valence-corrected chi connectivity index (χ2v) is 6.11. The lowest BCUT2D eigenvalue weighted by molar-refractivity contribution is 0.102. The number of hydrogen-bond acceptors (Lipinski definition) is 3. The van der Waals surface area contributed by atoms with Crippen molar-refractivity contribution in [3.63, 3.8) is 0 Å². The summed E-state index contributed by atoms with van der Waals surface area (Å²) >= 11 is 11.9. The number of carbonyl (C=O) groups is 1. The molecule has 3 aromatic rings. The standard InChI is InChI=1S/C17H14Cl2N4O/c1-11-4-2-3-5-12(11)9-23-10-20-17(22-23)21-16(24)14-7-6-13(18)8-15(14)19/h2-8,10H,9H2,1H3,(H,21,22,24). The predicted octanol–water partition coefficient (Wildman–Crippen LogP) is 4.19. The first-order valence-corrected chi connectivity index (χ1v) is 7.99. The maximum Gasteiger partial charge on any atom is 0.259 e. The summed E-state index contributed by atoms with van der Waals surface area (Å²) in [5, 5.41) is 7.64. The highest BCUT2D eigenvalue weighted by Gasteiger charge is 2.13. The first kappa shape index (κ1) is 16.5. The zero-order chi connectivity index (χ0) is 17.1. The number of aromatic nitrogens is 3. The normalized spacial score (nSPS) is 10.6. The summed E-state index contributed by atoms with van der Waals surface area (Å²) in [7, 11) is 0. The van der Waals surface area contributed by atoms with E-state index >= 15 is 0 Å². The number of benzene rings is 2. The highest BCUT2D eigenvalue weighted by atomic mass is 35.5. The Morgan fingerprint density at radius 2 is 2.00 bits per heavy atom. The Bertz CT molecular complexity index is 892. The van der Waals surface area contributed by atoms with Crippen LogP contribution < -0.4 is 5.32 Å². The van der Waals surface area contributed by atoms with E-state index < -0.39 is 0 Å². The van der Waals surface area contributed by atoms with Crippen molar-refractivity contribution >= 4 is 35.1 Å². The van der Waals surface area contributed by atoms with Crippen LogP contribution in [-0.2, 0) is 6.54 Å². The van der Waals surface area contributed by atoms with Crippen LogP contribution in [0.3, 0.4) is 0 Å². The monoisotopic (exact) mass is 360 g/mol. The molecule has 0 bridgehead atoms. The molecule has 0 saturated carbocycles. The van der Waals surface area contributed by atoms with Crippen molar-refractivity contribution in [1.29, 1.82) is 0 Å². The van der Waals surface area contributed by atoms with Crippen LogP contribution in [0.25, 0.3) is 0 Å². The molecule has 1 aromatic heterocycles. The molecule has 0 spiro atoms. The molecule has 0 radical (unpaired) electrons. The van der Waals surface area contributed by atoms with E-state index in [0.29, 0.717) is 17.1 Å². The number of rotatable bonds is 4. The van der Waals surface area contributed by atoms with Gasteiger partial charge < -0.3 is 0 Å². The maximum absolute atomic E-state index is 12.2. The van der Waals surface area contributed by atoms with Gasteiger partial charge in [-0.2, -0.15) is 0 Å². The van der Waals surface area contributed by atoms with Gasteiger partial charge in [0.25, 0.3) is 5.91 Å². The van der Waals surface area contributed by atoms with E-state index in [1.807, 2.05) is 31.2 Å². The number of hydrogen-bond donors (Lipinski definition) is 1. The van der Waals surface area contributed by atoms with Crippen LogP contribution in [0.2, 0.25) is 10.0 Å². The summed E-state index contributed by atoms with van der Waals surface area (Å²) in [5.74, 6) is -0.162. The average Bonchev–Trinajstić information content (AvgIpc) is 2.96. The largest absolute Gasteiger partial charge is 0.289 e. The lowest BCUT2D eigenvalue weighted by Crippen LogP contribution is -2.14. The Kier molecular flexibility index (Phi) is 4.83. The van der Waals surface area contributed by atoms with E-state index in [2.05, 4.69) is 15.4 Å². The number of amides is 1. The van der Waals surface area contributed by atoms with Crippen molar-refractivity contribution in [3.8, 4) is 0 Å². The summed E-state index contributed by atoms with van der Waals surface area (Å²) in [6, 6.07) is 12.7. The second-order valence-electron chi connectivity index (χ2n) is 5.27. The van der Waals surface area contributed by atoms with Gasteiger partial charge in [-0.3, -0.25) is 10.1 Å². The van der Waals surface area contributed by atoms with Crippen LogP contribution in [0.1, 0.15) is 21.5 Å². The number of carbonyl (C=O) groups excluding carboxylic acids is 1. The van der Waals surface area contributed by atoms with Gasteiger partial charge in [-0.05, 0) is 36.2 Å². The van der Waals surface area contributed by atoms with E-state index in [-0.39, 0.29) is 16.9 Å². The van der Waals surface area contributed by atoms with Gasteiger partial charge in [0.05, 0.1) is 17.1 Å². The minimum atomic E-state index is -0.384. The number of nitrogens with one attached hydrogen (secondary N) is 1. The third kappa shape index (κ3) is 3.75. The van der Waals surface area contributed by atoms with E-state index in [1.54, 1.807) is 23.1 Å². The van der Waals surface area contributed by atoms with Crippen LogP contribution in [0.5, 0.6) is 0 Å². The molecule has 2 aromatic carbocycles. The molecular formula is C17H14Cl2N4O. The average molecular weight is 361 g/mol. The fourth-order valence-corrected chi connectivity index (χ4v) is 2.73. The SMILES string of the molecule is Cc1ccccc1Cn1cnc(NC(=O)c2ccc(Cl)cc2Cl)n1. The third-order valence-corrected chi connectivity index (χ3v) is 4.08. The first-order valence-electron chi connectivity index (χ1n) is 7.23. The molecule has 0 unspecified atom stereocenters. The van der Waals surface area contributed by atoms with Crippen LogP contribution >= 0.6 is 23.2 Å². The van der Waals surface area contributed by atoms with Gasteiger partial charge in [0.15, 0.2) is 0 Å². The van der Waals surface area contributed by atoms with E-state index in [4.69, 9.17) is 23.2 Å². The zero-order valence-corrected chi connectivity index (χ0v) is 14.3.